The van der Waals surface area contributed by atoms with Crippen LogP contribution in [0.25, 0.3) is 16.0 Å². The molecule has 3 heterocycles. The number of carbonyl (C=O) groups excluding carboxylic acids is 1. The number of rotatable bonds is 3. The Labute approximate surface area is 160 Å². The van der Waals surface area contributed by atoms with Gasteiger partial charge in [0.05, 0.1) is 33.2 Å². The number of halogens is 3. The zero-order valence-corrected chi connectivity index (χ0v) is 15.2. The maximum absolute atomic E-state index is 12.7. The number of alkyl halides is 3. The van der Waals surface area contributed by atoms with Crippen molar-refractivity contribution in [1.82, 2.24) is 19.7 Å². The average molecular weight is 403 g/mol. The third-order valence-electron chi connectivity index (χ3n) is 4.06. The molecule has 0 spiro atoms. The third-order valence-corrected chi connectivity index (χ3v) is 5.01. The Morgan fingerprint density at radius 1 is 1.14 bits per heavy atom. The minimum absolute atomic E-state index is 0.185. The number of hydrogen-bond acceptors (Lipinski definition) is 5. The Bertz CT molecular complexity index is 1130. The molecular weight excluding hydrogens is 391 g/mol. The van der Waals surface area contributed by atoms with E-state index in [1.807, 2.05) is 24.3 Å². The predicted molar refractivity (Wildman–Crippen MR) is 98.7 cm³/mol. The Morgan fingerprint density at radius 2 is 1.93 bits per heavy atom. The molecule has 0 bridgehead atoms. The van der Waals surface area contributed by atoms with Crippen molar-refractivity contribution in [1.29, 1.82) is 0 Å². The molecule has 28 heavy (non-hydrogen) atoms. The summed E-state index contributed by atoms with van der Waals surface area (Å²) in [5, 5.41) is 7.26. The Hall–Kier alpha value is -3.27. The maximum Gasteiger partial charge on any atom is 0.417 e. The van der Waals surface area contributed by atoms with Gasteiger partial charge in [0.15, 0.2) is 10.9 Å². The molecule has 4 aromatic rings. The second-order valence-corrected chi connectivity index (χ2v) is 6.93. The molecular formula is C18H12F3N5OS. The molecule has 0 unspecified atom stereocenters. The van der Waals surface area contributed by atoms with E-state index in [-0.39, 0.29) is 11.4 Å². The fraction of sp³-hybridized carbons (Fsp3) is 0.111. The number of carbonyl (C=O) groups is 1. The van der Waals surface area contributed by atoms with E-state index in [1.54, 1.807) is 6.92 Å². The summed E-state index contributed by atoms with van der Waals surface area (Å²) < 4.78 is 40.3. The summed E-state index contributed by atoms with van der Waals surface area (Å²) in [6.07, 6.45) is -2.39. The third kappa shape index (κ3) is 3.33. The first-order valence-corrected chi connectivity index (χ1v) is 8.90. The lowest BCUT2D eigenvalue weighted by Gasteiger charge is -2.08. The summed E-state index contributed by atoms with van der Waals surface area (Å²) in [5.74, 6) is -0.223. The first kappa shape index (κ1) is 18.1. The van der Waals surface area contributed by atoms with Crippen LogP contribution in [0.5, 0.6) is 0 Å². The predicted octanol–water partition coefficient (Wildman–Crippen LogP) is 4.46. The van der Waals surface area contributed by atoms with Crippen molar-refractivity contribution >= 4 is 32.6 Å². The molecule has 1 aromatic carbocycles. The van der Waals surface area contributed by atoms with Crippen LogP contribution in [0, 0.1) is 6.92 Å². The number of benzene rings is 1. The normalized spacial score (nSPS) is 11.7. The number of hydrogen-bond donors (Lipinski definition) is 1. The molecule has 0 aliphatic carbocycles. The van der Waals surface area contributed by atoms with Crippen molar-refractivity contribution in [3.05, 3.63) is 65.6 Å². The van der Waals surface area contributed by atoms with Crippen LogP contribution in [0.15, 0.2) is 48.8 Å². The summed E-state index contributed by atoms with van der Waals surface area (Å²) >= 11 is 1.34. The summed E-state index contributed by atoms with van der Waals surface area (Å²) in [7, 11) is 0. The molecule has 1 amide bonds. The molecule has 0 atom stereocenters. The number of pyridine rings is 1. The summed E-state index contributed by atoms with van der Waals surface area (Å²) in [5.41, 5.74) is 0.658. The quantitative estimate of drug-likeness (QED) is 0.548. The van der Waals surface area contributed by atoms with Crippen LogP contribution in [-0.2, 0) is 6.18 Å². The second-order valence-electron chi connectivity index (χ2n) is 5.90. The molecule has 6 nitrogen and oxygen atoms in total. The second kappa shape index (κ2) is 6.71. The van der Waals surface area contributed by atoms with Crippen LogP contribution < -0.4 is 5.32 Å². The summed E-state index contributed by atoms with van der Waals surface area (Å²) in [4.78, 5) is 20.7. The Morgan fingerprint density at radius 3 is 2.61 bits per heavy atom. The van der Waals surface area contributed by atoms with Gasteiger partial charge in [-0.15, -0.1) is 0 Å². The van der Waals surface area contributed by atoms with Crippen molar-refractivity contribution < 1.29 is 18.0 Å². The largest absolute Gasteiger partial charge is 0.417 e. The molecule has 10 heteroatoms. The van der Waals surface area contributed by atoms with E-state index in [0.717, 1.165) is 22.5 Å². The average Bonchev–Trinajstić information content (AvgIpc) is 3.23. The lowest BCUT2D eigenvalue weighted by molar-refractivity contribution is -0.137. The van der Waals surface area contributed by atoms with E-state index in [1.165, 1.54) is 28.3 Å². The van der Waals surface area contributed by atoms with E-state index in [2.05, 4.69) is 20.4 Å². The van der Waals surface area contributed by atoms with Gasteiger partial charge in [-0.25, -0.2) is 14.6 Å². The zero-order valence-electron chi connectivity index (χ0n) is 14.4. The summed E-state index contributed by atoms with van der Waals surface area (Å²) in [6, 6.07) is 9.63. The number of thiazole rings is 1. The Kier molecular flexibility index (Phi) is 4.34. The van der Waals surface area contributed by atoms with Crippen molar-refractivity contribution in [2.24, 2.45) is 0 Å². The van der Waals surface area contributed by atoms with Crippen molar-refractivity contribution in [3.63, 3.8) is 0 Å². The molecule has 3 aromatic heterocycles. The summed E-state index contributed by atoms with van der Waals surface area (Å²) in [6.45, 7) is 1.64. The highest BCUT2D eigenvalue weighted by atomic mass is 32.1. The van der Waals surface area contributed by atoms with Crippen LogP contribution in [0.1, 0.15) is 21.6 Å². The van der Waals surface area contributed by atoms with Crippen LogP contribution >= 0.6 is 11.3 Å². The van der Waals surface area contributed by atoms with E-state index >= 15 is 0 Å². The molecule has 1 N–H and O–H groups in total. The minimum Gasteiger partial charge on any atom is -0.298 e. The van der Waals surface area contributed by atoms with E-state index in [4.69, 9.17) is 0 Å². The van der Waals surface area contributed by atoms with Crippen LogP contribution in [0.4, 0.5) is 18.3 Å². The molecule has 0 radical (unpaired) electrons. The van der Waals surface area contributed by atoms with Gasteiger partial charge in [-0.2, -0.15) is 18.3 Å². The van der Waals surface area contributed by atoms with Crippen molar-refractivity contribution in [2.75, 3.05) is 5.32 Å². The van der Waals surface area contributed by atoms with Crippen molar-refractivity contribution in [3.8, 4) is 5.82 Å². The Balaban J connectivity index is 1.58. The SMILES string of the molecule is Cc1c(C(=O)Nc2nc3ccccc3s2)cnn1-c1ccc(C(F)(F)F)cn1. The molecule has 0 aliphatic rings. The fourth-order valence-corrected chi connectivity index (χ4v) is 3.49. The zero-order chi connectivity index (χ0) is 19.9. The van der Waals surface area contributed by atoms with Gasteiger partial charge >= 0.3 is 6.18 Å². The van der Waals surface area contributed by atoms with E-state index in [9.17, 15) is 18.0 Å². The smallest absolute Gasteiger partial charge is 0.298 e. The first-order valence-electron chi connectivity index (χ1n) is 8.08. The monoisotopic (exact) mass is 403 g/mol. The van der Waals surface area contributed by atoms with E-state index < -0.39 is 17.6 Å². The number of aromatic nitrogens is 4. The number of nitrogens with zero attached hydrogens (tertiary/aromatic N) is 4. The van der Waals surface area contributed by atoms with Gasteiger partial charge in [0.25, 0.3) is 5.91 Å². The van der Waals surface area contributed by atoms with Gasteiger partial charge in [-0.1, -0.05) is 23.5 Å². The van der Waals surface area contributed by atoms with Gasteiger partial charge in [-0.3, -0.25) is 10.1 Å². The lowest BCUT2D eigenvalue weighted by atomic mass is 10.2. The standard InChI is InChI=1S/C18H12F3N5OS/c1-10-12(16(27)25-17-24-13-4-2-3-5-14(13)28-17)9-23-26(10)15-7-6-11(8-22-15)18(19,20)21/h2-9H,1H3,(H,24,25,27). The van der Waals surface area contributed by atoms with Gasteiger partial charge in [0.1, 0.15) is 0 Å². The molecule has 0 saturated carbocycles. The van der Waals surface area contributed by atoms with Crippen LogP contribution in [0.3, 0.4) is 0 Å². The number of anilines is 1. The fourth-order valence-electron chi connectivity index (χ4n) is 2.63. The molecule has 0 saturated heterocycles. The van der Waals surface area contributed by atoms with Crippen LogP contribution in [0.2, 0.25) is 0 Å². The van der Waals surface area contributed by atoms with E-state index in [0.29, 0.717) is 10.8 Å². The topological polar surface area (TPSA) is 72.7 Å². The first-order chi connectivity index (χ1) is 13.3. The maximum atomic E-state index is 12.7. The van der Waals surface area contributed by atoms with Crippen molar-refractivity contribution in [2.45, 2.75) is 13.1 Å². The molecule has 142 valence electrons. The highest BCUT2D eigenvalue weighted by molar-refractivity contribution is 7.22. The van der Waals surface area contributed by atoms with Gasteiger partial charge in [0.2, 0.25) is 0 Å². The number of nitrogens with one attached hydrogen (secondary N) is 1. The minimum atomic E-state index is -4.47. The molecule has 0 aliphatic heterocycles. The highest BCUT2D eigenvalue weighted by Crippen LogP contribution is 2.29. The highest BCUT2D eigenvalue weighted by Gasteiger charge is 2.30. The lowest BCUT2D eigenvalue weighted by Crippen LogP contribution is -2.13. The molecule has 0 fully saturated rings. The van der Waals surface area contributed by atoms with Crippen LogP contribution in [-0.4, -0.2) is 25.7 Å². The number of amides is 1. The van der Waals surface area contributed by atoms with Gasteiger partial charge in [-0.05, 0) is 31.2 Å². The van der Waals surface area contributed by atoms with Gasteiger partial charge < -0.3 is 0 Å². The number of fused-ring (bicyclic) bond motifs is 1. The molecule has 4 rings (SSSR count). The number of para-hydroxylation sites is 1. The van der Waals surface area contributed by atoms with Gasteiger partial charge in [0, 0.05) is 6.20 Å².